The quantitative estimate of drug-likeness (QED) is 0.708. The molecule has 0 aromatic heterocycles. The third-order valence-corrected chi connectivity index (χ3v) is 3.35. The summed E-state index contributed by atoms with van der Waals surface area (Å²) in [7, 11) is 0. The van der Waals surface area contributed by atoms with Crippen molar-refractivity contribution < 1.29 is 19.4 Å². The molecule has 0 spiro atoms. The highest BCUT2D eigenvalue weighted by atomic mass is 16.5. The lowest BCUT2D eigenvalue weighted by molar-refractivity contribution is -0.136. The first-order valence-electron chi connectivity index (χ1n) is 6.86. The number of amides is 2. The molecule has 1 atom stereocenters. The summed E-state index contributed by atoms with van der Waals surface area (Å²) in [5.41, 5.74) is 1.51. The van der Waals surface area contributed by atoms with E-state index in [0.29, 0.717) is 18.7 Å². The fourth-order valence-electron chi connectivity index (χ4n) is 2.30. The van der Waals surface area contributed by atoms with Crippen LogP contribution in [0.5, 0.6) is 0 Å². The van der Waals surface area contributed by atoms with E-state index in [1.54, 1.807) is 12.1 Å². The molecule has 0 unspecified atom stereocenters. The molecule has 6 nitrogen and oxygen atoms in total. The minimum atomic E-state index is -1.07. The lowest BCUT2D eigenvalue weighted by atomic mass is 10.0. The topological polar surface area (TPSA) is 87.7 Å². The highest BCUT2D eigenvalue weighted by Gasteiger charge is 2.33. The normalized spacial score (nSPS) is 21.1. The number of hydrogen-bond acceptors (Lipinski definition) is 4. The Bertz CT molecular complexity index is 530. The summed E-state index contributed by atoms with van der Waals surface area (Å²) in [6.45, 7) is 4.47. The van der Waals surface area contributed by atoms with Crippen molar-refractivity contribution in [3.05, 3.63) is 29.3 Å². The standard InChI is InChI=1S/C15H20N2O4/c1-10-5-11(2)7-12(6-10)17-14(19)13(18)16-8-15(20)3-4-21-9-15/h5-7,20H,3-4,8-9H2,1-2H3,(H,16,18)(H,17,19)/t15-/m0/s1. The molecule has 114 valence electrons. The summed E-state index contributed by atoms with van der Waals surface area (Å²) in [6, 6.07) is 5.55. The summed E-state index contributed by atoms with van der Waals surface area (Å²) < 4.78 is 5.07. The first kappa shape index (κ1) is 15.5. The molecule has 6 heteroatoms. The number of carbonyl (C=O) groups is 2. The Hall–Kier alpha value is -1.92. The van der Waals surface area contributed by atoms with Gasteiger partial charge in [-0.3, -0.25) is 9.59 Å². The van der Waals surface area contributed by atoms with E-state index < -0.39 is 17.4 Å². The van der Waals surface area contributed by atoms with Crippen LogP contribution in [0.4, 0.5) is 5.69 Å². The Morgan fingerprint density at radius 1 is 1.24 bits per heavy atom. The van der Waals surface area contributed by atoms with Crippen molar-refractivity contribution in [2.75, 3.05) is 25.1 Å². The van der Waals surface area contributed by atoms with Crippen LogP contribution in [-0.2, 0) is 14.3 Å². The molecule has 1 aliphatic heterocycles. The molecule has 1 saturated heterocycles. The van der Waals surface area contributed by atoms with Gasteiger partial charge in [0.2, 0.25) is 0 Å². The van der Waals surface area contributed by atoms with Gasteiger partial charge in [0.05, 0.1) is 6.61 Å². The first-order chi connectivity index (χ1) is 9.88. The fourth-order valence-corrected chi connectivity index (χ4v) is 2.30. The number of anilines is 1. The van der Waals surface area contributed by atoms with Crippen LogP contribution in [0.15, 0.2) is 18.2 Å². The van der Waals surface area contributed by atoms with Crippen LogP contribution >= 0.6 is 0 Å². The van der Waals surface area contributed by atoms with E-state index in [1.165, 1.54) is 0 Å². The number of aliphatic hydroxyl groups is 1. The minimum absolute atomic E-state index is 0.00605. The molecular weight excluding hydrogens is 272 g/mol. The van der Waals surface area contributed by atoms with Crippen molar-refractivity contribution in [3.8, 4) is 0 Å². The summed E-state index contributed by atoms with van der Waals surface area (Å²) >= 11 is 0. The molecule has 0 saturated carbocycles. The zero-order valence-corrected chi connectivity index (χ0v) is 12.2. The van der Waals surface area contributed by atoms with E-state index in [2.05, 4.69) is 10.6 Å². The van der Waals surface area contributed by atoms with Crippen molar-refractivity contribution in [3.63, 3.8) is 0 Å². The predicted octanol–water partition coefficient (Wildman–Crippen LogP) is 0.510. The maximum absolute atomic E-state index is 11.8. The SMILES string of the molecule is Cc1cc(C)cc(NC(=O)C(=O)NC[C@@]2(O)CCOC2)c1. The van der Waals surface area contributed by atoms with Crippen molar-refractivity contribution in [1.82, 2.24) is 5.32 Å². The Morgan fingerprint density at radius 3 is 2.48 bits per heavy atom. The molecular formula is C15H20N2O4. The van der Waals surface area contributed by atoms with Gasteiger partial charge in [0.25, 0.3) is 0 Å². The highest BCUT2D eigenvalue weighted by Crippen LogP contribution is 2.17. The molecule has 0 radical (unpaired) electrons. The van der Waals surface area contributed by atoms with E-state index in [0.717, 1.165) is 11.1 Å². The molecule has 0 bridgehead atoms. The van der Waals surface area contributed by atoms with Crippen LogP contribution in [0.2, 0.25) is 0 Å². The molecule has 1 fully saturated rings. The lowest BCUT2D eigenvalue weighted by Gasteiger charge is -2.20. The van der Waals surface area contributed by atoms with E-state index in [1.807, 2.05) is 19.9 Å². The van der Waals surface area contributed by atoms with Gasteiger partial charge in [-0.25, -0.2) is 0 Å². The molecule has 1 aliphatic rings. The van der Waals surface area contributed by atoms with Gasteiger partial charge in [-0.1, -0.05) is 6.07 Å². The van der Waals surface area contributed by atoms with Crippen LogP contribution in [0.1, 0.15) is 17.5 Å². The van der Waals surface area contributed by atoms with Gasteiger partial charge >= 0.3 is 11.8 Å². The third-order valence-electron chi connectivity index (χ3n) is 3.35. The predicted molar refractivity (Wildman–Crippen MR) is 77.9 cm³/mol. The van der Waals surface area contributed by atoms with Crippen LogP contribution in [-0.4, -0.2) is 42.3 Å². The average Bonchev–Trinajstić information content (AvgIpc) is 2.82. The smallest absolute Gasteiger partial charge is 0.313 e. The zero-order chi connectivity index (χ0) is 15.5. The highest BCUT2D eigenvalue weighted by molar-refractivity contribution is 6.39. The second kappa shape index (κ2) is 6.24. The van der Waals surface area contributed by atoms with Crippen LogP contribution in [0.25, 0.3) is 0 Å². The van der Waals surface area contributed by atoms with Gasteiger partial charge in [0.15, 0.2) is 0 Å². The summed E-state index contributed by atoms with van der Waals surface area (Å²) in [5.74, 6) is -1.52. The van der Waals surface area contributed by atoms with E-state index in [-0.39, 0.29) is 13.2 Å². The largest absolute Gasteiger partial charge is 0.386 e. The Balaban J connectivity index is 1.89. The Morgan fingerprint density at radius 2 is 1.90 bits per heavy atom. The van der Waals surface area contributed by atoms with Crippen molar-refractivity contribution in [2.24, 2.45) is 0 Å². The van der Waals surface area contributed by atoms with Crippen LogP contribution < -0.4 is 10.6 Å². The monoisotopic (exact) mass is 292 g/mol. The van der Waals surface area contributed by atoms with Gasteiger partial charge in [-0.2, -0.15) is 0 Å². The maximum Gasteiger partial charge on any atom is 0.313 e. The number of benzene rings is 1. The molecule has 21 heavy (non-hydrogen) atoms. The molecule has 1 aromatic carbocycles. The molecule has 3 N–H and O–H groups in total. The summed E-state index contributed by atoms with van der Waals surface area (Å²) in [4.78, 5) is 23.5. The van der Waals surface area contributed by atoms with E-state index in [4.69, 9.17) is 4.74 Å². The van der Waals surface area contributed by atoms with Crippen molar-refractivity contribution in [1.29, 1.82) is 0 Å². The number of rotatable bonds is 3. The van der Waals surface area contributed by atoms with Crippen LogP contribution in [0, 0.1) is 13.8 Å². The van der Waals surface area contributed by atoms with Gasteiger partial charge < -0.3 is 20.5 Å². The molecule has 1 heterocycles. The van der Waals surface area contributed by atoms with Crippen molar-refractivity contribution in [2.45, 2.75) is 25.9 Å². The van der Waals surface area contributed by atoms with Gasteiger partial charge in [-0.15, -0.1) is 0 Å². The van der Waals surface area contributed by atoms with Gasteiger partial charge in [0.1, 0.15) is 5.60 Å². The molecule has 2 amide bonds. The van der Waals surface area contributed by atoms with Crippen molar-refractivity contribution >= 4 is 17.5 Å². The van der Waals surface area contributed by atoms with E-state index >= 15 is 0 Å². The van der Waals surface area contributed by atoms with Gasteiger partial charge in [-0.05, 0) is 37.1 Å². The summed E-state index contributed by atoms with van der Waals surface area (Å²) in [5, 5.41) is 15.0. The van der Waals surface area contributed by atoms with Gasteiger partial charge in [0, 0.05) is 25.3 Å². The number of hydrogen-bond donors (Lipinski definition) is 3. The molecule has 2 rings (SSSR count). The number of nitrogens with one attached hydrogen (secondary N) is 2. The Labute approximate surface area is 123 Å². The Kier molecular flexibility index (Phi) is 4.59. The fraction of sp³-hybridized carbons (Fsp3) is 0.467. The second-order valence-electron chi connectivity index (χ2n) is 5.54. The maximum atomic E-state index is 11.8. The zero-order valence-electron chi connectivity index (χ0n) is 12.2. The number of ether oxygens (including phenoxy) is 1. The minimum Gasteiger partial charge on any atom is -0.386 e. The average molecular weight is 292 g/mol. The first-order valence-corrected chi connectivity index (χ1v) is 6.86. The van der Waals surface area contributed by atoms with E-state index in [9.17, 15) is 14.7 Å². The lowest BCUT2D eigenvalue weighted by Crippen LogP contribution is -2.46. The molecule has 0 aliphatic carbocycles. The third kappa shape index (κ3) is 4.27. The second-order valence-corrected chi connectivity index (χ2v) is 5.54. The molecule has 1 aromatic rings. The summed E-state index contributed by atoms with van der Waals surface area (Å²) in [6.07, 6.45) is 0.450. The van der Waals surface area contributed by atoms with Crippen LogP contribution in [0.3, 0.4) is 0 Å². The number of aryl methyl sites for hydroxylation is 2. The number of carbonyl (C=O) groups excluding carboxylic acids is 2.